The predicted octanol–water partition coefficient (Wildman–Crippen LogP) is 4.92. The number of ether oxygens (including phenoxy) is 1. The van der Waals surface area contributed by atoms with Crippen LogP contribution in [0.15, 0.2) is 24.2 Å². The van der Waals surface area contributed by atoms with Crippen LogP contribution in [-0.2, 0) is 11.2 Å². The average Bonchev–Trinajstić information content (AvgIpc) is 2.39. The molecule has 1 aliphatic heterocycles. The minimum absolute atomic E-state index is 0.0460. The standard InChI is InChI=1S/C16H19FO/c1-2-3-8-13-12-9-4-6-11-7-5-10-14(15(11)12)18-16(13)17/h4,6,9,14H,2-3,5,7-8,10H2,1H3. The van der Waals surface area contributed by atoms with Crippen molar-refractivity contribution in [1.82, 2.24) is 0 Å². The van der Waals surface area contributed by atoms with Crippen LogP contribution in [-0.4, -0.2) is 0 Å². The molecule has 1 nitrogen and oxygen atoms in total. The highest BCUT2D eigenvalue weighted by atomic mass is 19.1. The van der Waals surface area contributed by atoms with E-state index in [0.717, 1.165) is 49.7 Å². The van der Waals surface area contributed by atoms with Crippen LogP contribution in [0.25, 0.3) is 5.57 Å². The topological polar surface area (TPSA) is 9.23 Å². The number of halogens is 1. The van der Waals surface area contributed by atoms with Crippen LogP contribution >= 0.6 is 0 Å². The van der Waals surface area contributed by atoms with Gasteiger partial charge in [0.05, 0.1) is 0 Å². The maximum Gasteiger partial charge on any atom is 0.277 e. The Morgan fingerprint density at radius 2 is 2.28 bits per heavy atom. The summed E-state index contributed by atoms with van der Waals surface area (Å²) in [6, 6.07) is 5.94. The van der Waals surface area contributed by atoms with E-state index in [4.69, 9.17) is 4.74 Å². The molecule has 0 spiro atoms. The van der Waals surface area contributed by atoms with E-state index in [1.807, 2.05) is 0 Å². The lowest BCUT2D eigenvalue weighted by atomic mass is 9.82. The predicted molar refractivity (Wildman–Crippen MR) is 70.8 cm³/mol. The van der Waals surface area contributed by atoms with Crippen LogP contribution in [0, 0.1) is 0 Å². The molecule has 2 heteroatoms. The highest BCUT2D eigenvalue weighted by molar-refractivity contribution is 5.72. The molecule has 0 N–H and O–H groups in total. The lowest BCUT2D eigenvalue weighted by Crippen LogP contribution is -2.18. The van der Waals surface area contributed by atoms with Gasteiger partial charge in [0, 0.05) is 11.1 Å². The smallest absolute Gasteiger partial charge is 0.277 e. The van der Waals surface area contributed by atoms with E-state index in [-0.39, 0.29) is 12.1 Å². The van der Waals surface area contributed by atoms with Crippen LogP contribution in [0.4, 0.5) is 4.39 Å². The maximum absolute atomic E-state index is 14.1. The quantitative estimate of drug-likeness (QED) is 0.735. The van der Waals surface area contributed by atoms with Gasteiger partial charge < -0.3 is 4.74 Å². The van der Waals surface area contributed by atoms with Crippen molar-refractivity contribution in [3.63, 3.8) is 0 Å². The molecule has 3 rings (SSSR count). The Kier molecular flexibility index (Phi) is 3.11. The molecule has 18 heavy (non-hydrogen) atoms. The zero-order valence-electron chi connectivity index (χ0n) is 10.8. The minimum atomic E-state index is -0.333. The first-order valence-corrected chi connectivity index (χ1v) is 6.98. The van der Waals surface area contributed by atoms with Crippen molar-refractivity contribution >= 4 is 5.57 Å². The molecule has 0 radical (unpaired) electrons. The van der Waals surface area contributed by atoms with E-state index >= 15 is 0 Å². The second kappa shape index (κ2) is 4.75. The van der Waals surface area contributed by atoms with Crippen LogP contribution in [0.1, 0.15) is 61.8 Å². The molecule has 2 aliphatic rings. The minimum Gasteiger partial charge on any atom is -0.462 e. The number of hydrogen-bond donors (Lipinski definition) is 0. The van der Waals surface area contributed by atoms with Gasteiger partial charge in [0.2, 0.25) is 0 Å². The Labute approximate surface area is 108 Å². The fourth-order valence-corrected chi connectivity index (χ4v) is 3.10. The van der Waals surface area contributed by atoms with Gasteiger partial charge in [-0.25, -0.2) is 0 Å². The summed E-state index contributed by atoms with van der Waals surface area (Å²) in [5.74, 6) is 0. The van der Waals surface area contributed by atoms with Crippen LogP contribution in [0.2, 0.25) is 0 Å². The van der Waals surface area contributed by atoms with Gasteiger partial charge in [-0.05, 0) is 43.2 Å². The second-order valence-corrected chi connectivity index (χ2v) is 5.23. The number of unbranched alkanes of at least 4 members (excludes halogenated alkanes) is 1. The zero-order chi connectivity index (χ0) is 12.5. The van der Waals surface area contributed by atoms with Gasteiger partial charge in [-0.3, -0.25) is 0 Å². The average molecular weight is 246 g/mol. The van der Waals surface area contributed by atoms with Crippen molar-refractivity contribution in [2.75, 3.05) is 0 Å². The number of hydrogen-bond acceptors (Lipinski definition) is 1. The van der Waals surface area contributed by atoms with E-state index in [2.05, 4.69) is 25.1 Å². The van der Waals surface area contributed by atoms with Crippen molar-refractivity contribution < 1.29 is 9.13 Å². The molecule has 1 atom stereocenters. The third kappa shape index (κ3) is 1.84. The fourth-order valence-electron chi connectivity index (χ4n) is 3.10. The van der Waals surface area contributed by atoms with Crippen molar-refractivity contribution in [2.45, 2.75) is 51.6 Å². The summed E-state index contributed by atoms with van der Waals surface area (Å²) in [7, 11) is 0. The van der Waals surface area contributed by atoms with Gasteiger partial charge in [0.15, 0.2) is 0 Å². The molecule has 1 aliphatic carbocycles. The summed E-state index contributed by atoms with van der Waals surface area (Å²) < 4.78 is 19.6. The van der Waals surface area contributed by atoms with Gasteiger partial charge >= 0.3 is 0 Å². The summed E-state index contributed by atoms with van der Waals surface area (Å²) in [6.07, 6.45) is 5.97. The number of aryl methyl sites for hydroxylation is 1. The summed E-state index contributed by atoms with van der Waals surface area (Å²) in [4.78, 5) is 0. The van der Waals surface area contributed by atoms with Crippen LogP contribution < -0.4 is 0 Å². The second-order valence-electron chi connectivity index (χ2n) is 5.23. The van der Waals surface area contributed by atoms with Crippen LogP contribution in [0.3, 0.4) is 0 Å². The van der Waals surface area contributed by atoms with Crippen molar-refractivity contribution in [3.05, 3.63) is 40.9 Å². The van der Waals surface area contributed by atoms with Gasteiger partial charge in [-0.2, -0.15) is 4.39 Å². The third-order valence-electron chi connectivity index (χ3n) is 4.02. The van der Waals surface area contributed by atoms with Crippen molar-refractivity contribution in [1.29, 1.82) is 0 Å². The highest BCUT2D eigenvalue weighted by Crippen LogP contribution is 2.45. The normalized spacial score (nSPS) is 21.6. The molecule has 0 aromatic heterocycles. The van der Waals surface area contributed by atoms with E-state index in [0.29, 0.717) is 0 Å². The largest absolute Gasteiger partial charge is 0.462 e. The lowest BCUT2D eigenvalue weighted by Gasteiger charge is -2.32. The molecule has 1 aromatic carbocycles. The lowest BCUT2D eigenvalue weighted by molar-refractivity contribution is 0.0526. The van der Waals surface area contributed by atoms with E-state index in [9.17, 15) is 4.39 Å². The number of allylic oxidation sites excluding steroid dienone is 1. The van der Waals surface area contributed by atoms with Crippen molar-refractivity contribution in [2.24, 2.45) is 0 Å². The van der Waals surface area contributed by atoms with E-state index < -0.39 is 0 Å². The fraction of sp³-hybridized carbons (Fsp3) is 0.500. The van der Waals surface area contributed by atoms with Gasteiger partial charge in [-0.15, -0.1) is 0 Å². The molecule has 0 saturated heterocycles. The Hall–Kier alpha value is -1.31. The van der Waals surface area contributed by atoms with Gasteiger partial charge in [0.25, 0.3) is 6.01 Å². The van der Waals surface area contributed by atoms with Crippen LogP contribution in [0.5, 0.6) is 0 Å². The Bertz CT molecular complexity index is 490. The summed E-state index contributed by atoms with van der Waals surface area (Å²) in [5.41, 5.74) is 4.50. The number of rotatable bonds is 3. The monoisotopic (exact) mass is 246 g/mol. The third-order valence-corrected chi connectivity index (χ3v) is 4.02. The summed E-state index contributed by atoms with van der Waals surface area (Å²) in [5, 5.41) is 0. The molecular formula is C16H19FO. The zero-order valence-corrected chi connectivity index (χ0v) is 10.8. The first kappa shape index (κ1) is 11.8. The molecule has 0 saturated carbocycles. The first-order chi connectivity index (χ1) is 8.81. The Morgan fingerprint density at radius 1 is 1.39 bits per heavy atom. The Balaban J connectivity index is 2.06. The van der Waals surface area contributed by atoms with E-state index in [1.165, 1.54) is 11.1 Å². The van der Waals surface area contributed by atoms with E-state index in [1.54, 1.807) is 0 Å². The van der Waals surface area contributed by atoms with Gasteiger partial charge in [-0.1, -0.05) is 31.5 Å². The molecule has 96 valence electrons. The first-order valence-electron chi connectivity index (χ1n) is 6.98. The maximum atomic E-state index is 14.1. The van der Waals surface area contributed by atoms with Gasteiger partial charge in [0.1, 0.15) is 6.10 Å². The highest BCUT2D eigenvalue weighted by Gasteiger charge is 2.32. The van der Waals surface area contributed by atoms with Crippen molar-refractivity contribution in [3.8, 4) is 0 Å². The molecule has 0 bridgehead atoms. The number of benzene rings is 1. The molecule has 1 unspecified atom stereocenters. The summed E-state index contributed by atoms with van der Waals surface area (Å²) in [6.45, 7) is 2.13. The molecule has 0 amide bonds. The Morgan fingerprint density at radius 3 is 3.11 bits per heavy atom. The molecule has 1 aromatic rings. The summed E-state index contributed by atoms with van der Waals surface area (Å²) >= 11 is 0. The SMILES string of the molecule is CCCCC1=C(F)OC2CCCc3cccc1c32. The molecule has 0 fully saturated rings. The molecular weight excluding hydrogens is 227 g/mol. The molecule has 1 heterocycles.